The van der Waals surface area contributed by atoms with Crippen molar-refractivity contribution >= 4 is 5.91 Å². The average molecular weight is 365 g/mol. The van der Waals surface area contributed by atoms with Gasteiger partial charge in [0.1, 0.15) is 12.3 Å². The molecular weight excluding hydrogens is 336 g/mol. The zero-order chi connectivity index (χ0) is 18.6. The van der Waals surface area contributed by atoms with Crippen LogP contribution in [0.1, 0.15) is 39.9 Å². The van der Waals surface area contributed by atoms with Gasteiger partial charge >= 0.3 is 0 Å². The van der Waals surface area contributed by atoms with Gasteiger partial charge in [0.25, 0.3) is 5.91 Å². The number of fused-ring (bicyclic) bond motifs is 1. The van der Waals surface area contributed by atoms with Crippen LogP contribution in [0.3, 0.4) is 0 Å². The summed E-state index contributed by atoms with van der Waals surface area (Å²) in [4.78, 5) is 16.5. The highest BCUT2D eigenvalue weighted by atomic mass is 16.5. The number of ether oxygens (including phenoxy) is 1. The van der Waals surface area contributed by atoms with E-state index < -0.39 is 0 Å². The van der Waals surface area contributed by atoms with Crippen molar-refractivity contribution in [2.24, 2.45) is 0 Å². The lowest BCUT2D eigenvalue weighted by atomic mass is 9.90. The van der Waals surface area contributed by atoms with Crippen LogP contribution in [0, 0.1) is 0 Å². The Balaban J connectivity index is 1.33. The topological polar surface area (TPSA) is 34.0 Å². The smallest absolute Gasteiger partial charge is 0.254 e. The minimum Gasteiger partial charge on any atom is -0.497 e. The van der Waals surface area contributed by atoms with E-state index >= 15 is 0 Å². The first-order valence-corrected chi connectivity index (χ1v) is 10.1. The number of quaternary nitrogens is 1. The molecule has 0 spiro atoms. The van der Waals surface area contributed by atoms with Gasteiger partial charge in [-0.2, -0.15) is 0 Å². The third-order valence-electron chi connectivity index (χ3n) is 5.97. The number of carbonyl (C=O) groups excluding carboxylic acids is 1. The maximum atomic E-state index is 12.9. The Hall–Kier alpha value is -2.33. The fourth-order valence-electron chi connectivity index (χ4n) is 4.28. The van der Waals surface area contributed by atoms with Crippen LogP contribution in [0.4, 0.5) is 0 Å². The summed E-state index contributed by atoms with van der Waals surface area (Å²) in [5.74, 6) is 1.10. The molecule has 4 heteroatoms. The highest BCUT2D eigenvalue weighted by molar-refractivity contribution is 5.94. The molecule has 1 heterocycles. The van der Waals surface area contributed by atoms with Gasteiger partial charge in [-0.15, -0.1) is 0 Å². The lowest BCUT2D eigenvalue weighted by Crippen LogP contribution is -3.13. The SMILES string of the molecule is COc1ccc(C[NH+]2CCN(C(=O)c3ccc4c(c3)CCCC4)CC2)cc1. The van der Waals surface area contributed by atoms with Gasteiger partial charge in [-0.25, -0.2) is 0 Å². The van der Waals surface area contributed by atoms with Gasteiger partial charge in [-0.1, -0.05) is 6.07 Å². The summed E-state index contributed by atoms with van der Waals surface area (Å²) in [6.45, 7) is 4.68. The Bertz CT molecular complexity index is 793. The second-order valence-electron chi connectivity index (χ2n) is 7.76. The van der Waals surface area contributed by atoms with Gasteiger partial charge in [0.15, 0.2) is 0 Å². The summed E-state index contributed by atoms with van der Waals surface area (Å²) in [7, 11) is 1.69. The van der Waals surface area contributed by atoms with Crippen molar-refractivity contribution in [2.45, 2.75) is 32.2 Å². The Labute approximate surface area is 161 Å². The molecular formula is C23H29N2O2+. The number of piperazine rings is 1. The molecule has 1 amide bonds. The highest BCUT2D eigenvalue weighted by Crippen LogP contribution is 2.23. The largest absolute Gasteiger partial charge is 0.497 e. The van der Waals surface area contributed by atoms with Crippen molar-refractivity contribution in [3.63, 3.8) is 0 Å². The summed E-state index contributed by atoms with van der Waals surface area (Å²) in [6.07, 6.45) is 4.81. The predicted molar refractivity (Wildman–Crippen MR) is 106 cm³/mol. The third-order valence-corrected chi connectivity index (χ3v) is 5.97. The number of nitrogens with one attached hydrogen (secondary N) is 1. The molecule has 1 N–H and O–H groups in total. The second kappa shape index (κ2) is 8.13. The van der Waals surface area contributed by atoms with E-state index in [1.54, 1.807) is 7.11 Å². The molecule has 1 aliphatic heterocycles. The molecule has 27 heavy (non-hydrogen) atoms. The lowest BCUT2D eigenvalue weighted by molar-refractivity contribution is -0.917. The van der Waals surface area contributed by atoms with Crippen molar-refractivity contribution in [1.29, 1.82) is 0 Å². The molecule has 142 valence electrons. The first kappa shape index (κ1) is 18.1. The molecule has 2 aromatic rings. The minimum atomic E-state index is 0.201. The molecule has 1 fully saturated rings. The van der Waals surface area contributed by atoms with E-state index in [1.165, 1.54) is 34.4 Å². The molecule has 0 atom stereocenters. The van der Waals surface area contributed by atoms with Crippen LogP contribution in [-0.4, -0.2) is 44.1 Å². The highest BCUT2D eigenvalue weighted by Gasteiger charge is 2.25. The van der Waals surface area contributed by atoms with Crippen LogP contribution >= 0.6 is 0 Å². The monoisotopic (exact) mass is 365 g/mol. The number of hydrogen-bond donors (Lipinski definition) is 1. The number of methoxy groups -OCH3 is 1. The Kier molecular flexibility index (Phi) is 5.44. The first-order chi connectivity index (χ1) is 13.2. The van der Waals surface area contributed by atoms with Gasteiger partial charge in [0, 0.05) is 11.1 Å². The van der Waals surface area contributed by atoms with Crippen molar-refractivity contribution in [3.8, 4) is 5.75 Å². The summed E-state index contributed by atoms with van der Waals surface area (Å²) in [5.41, 5.74) is 5.01. The van der Waals surface area contributed by atoms with E-state index in [4.69, 9.17) is 4.74 Å². The molecule has 0 radical (unpaired) electrons. The summed E-state index contributed by atoms with van der Waals surface area (Å²) >= 11 is 0. The summed E-state index contributed by atoms with van der Waals surface area (Å²) in [6, 6.07) is 14.7. The molecule has 0 saturated carbocycles. The third kappa shape index (κ3) is 4.16. The van der Waals surface area contributed by atoms with Gasteiger partial charge in [0.2, 0.25) is 0 Å². The zero-order valence-corrected chi connectivity index (χ0v) is 16.2. The number of aryl methyl sites for hydroxylation is 2. The number of carbonyl (C=O) groups is 1. The van der Waals surface area contributed by atoms with E-state index in [9.17, 15) is 4.79 Å². The standard InChI is InChI=1S/C23H28N2O2/c1-27-22-10-6-18(7-11-22)17-24-12-14-25(15-13-24)23(26)21-9-8-19-4-2-3-5-20(19)16-21/h6-11,16H,2-5,12-15,17H2,1H3/p+1. The second-order valence-corrected chi connectivity index (χ2v) is 7.76. The maximum absolute atomic E-state index is 12.9. The zero-order valence-electron chi connectivity index (χ0n) is 16.2. The lowest BCUT2D eigenvalue weighted by Gasteiger charge is -2.32. The number of nitrogens with zero attached hydrogens (tertiary/aromatic N) is 1. The fraction of sp³-hybridized carbons (Fsp3) is 0.435. The van der Waals surface area contributed by atoms with Gasteiger partial charge in [-0.3, -0.25) is 4.79 Å². The molecule has 0 unspecified atom stereocenters. The van der Waals surface area contributed by atoms with Gasteiger partial charge in [-0.05, 0) is 73.2 Å². The van der Waals surface area contributed by atoms with Crippen molar-refractivity contribution in [3.05, 3.63) is 64.7 Å². The molecule has 0 aromatic heterocycles. The van der Waals surface area contributed by atoms with Crippen molar-refractivity contribution in [1.82, 2.24) is 4.90 Å². The number of rotatable bonds is 4. The summed E-state index contributed by atoms with van der Waals surface area (Å²) < 4.78 is 5.23. The van der Waals surface area contributed by atoms with E-state index in [0.29, 0.717) is 0 Å². The Morgan fingerprint density at radius 2 is 1.70 bits per heavy atom. The predicted octanol–water partition coefficient (Wildman–Crippen LogP) is 2.11. The molecule has 1 saturated heterocycles. The van der Waals surface area contributed by atoms with Crippen molar-refractivity contribution in [2.75, 3.05) is 33.3 Å². The molecule has 2 aromatic carbocycles. The van der Waals surface area contributed by atoms with E-state index in [2.05, 4.69) is 24.3 Å². The van der Waals surface area contributed by atoms with E-state index in [0.717, 1.165) is 56.9 Å². The van der Waals surface area contributed by atoms with Crippen LogP contribution in [0.2, 0.25) is 0 Å². The van der Waals surface area contributed by atoms with Crippen LogP contribution in [-0.2, 0) is 19.4 Å². The fourth-order valence-corrected chi connectivity index (χ4v) is 4.28. The van der Waals surface area contributed by atoms with Crippen molar-refractivity contribution < 1.29 is 14.4 Å². The summed E-state index contributed by atoms with van der Waals surface area (Å²) in [5, 5.41) is 0. The van der Waals surface area contributed by atoms with E-state index in [-0.39, 0.29) is 5.91 Å². The van der Waals surface area contributed by atoms with Gasteiger partial charge < -0.3 is 14.5 Å². The molecule has 0 bridgehead atoms. The molecule has 1 aliphatic carbocycles. The molecule has 4 nitrogen and oxygen atoms in total. The first-order valence-electron chi connectivity index (χ1n) is 10.1. The number of benzene rings is 2. The van der Waals surface area contributed by atoms with Gasteiger partial charge in [0.05, 0.1) is 33.3 Å². The Morgan fingerprint density at radius 1 is 1.00 bits per heavy atom. The maximum Gasteiger partial charge on any atom is 0.254 e. The van der Waals surface area contributed by atoms with Crippen LogP contribution in [0.5, 0.6) is 5.75 Å². The average Bonchev–Trinajstić information content (AvgIpc) is 2.74. The Morgan fingerprint density at radius 3 is 2.41 bits per heavy atom. The molecule has 2 aliphatic rings. The normalized spacial score (nSPS) is 17.4. The molecule has 4 rings (SSSR count). The van der Waals surface area contributed by atoms with Crippen LogP contribution in [0.25, 0.3) is 0 Å². The minimum absolute atomic E-state index is 0.201. The quantitative estimate of drug-likeness (QED) is 0.901. The van der Waals surface area contributed by atoms with Crippen LogP contribution in [0.15, 0.2) is 42.5 Å². The number of amides is 1. The van der Waals surface area contributed by atoms with E-state index in [1.807, 2.05) is 23.1 Å². The number of hydrogen-bond acceptors (Lipinski definition) is 2. The van der Waals surface area contributed by atoms with Crippen LogP contribution < -0.4 is 9.64 Å².